The van der Waals surface area contributed by atoms with Crippen LogP contribution < -0.4 is 5.73 Å². The third-order valence-corrected chi connectivity index (χ3v) is 4.30. The molecule has 2 rings (SSSR count). The molecular weight excluding hydrogens is 234 g/mol. The van der Waals surface area contributed by atoms with Gasteiger partial charge >= 0.3 is 0 Å². The lowest BCUT2D eigenvalue weighted by atomic mass is 9.92. The highest BCUT2D eigenvalue weighted by molar-refractivity contribution is 5.84. The molecule has 1 aliphatic heterocycles. The van der Waals surface area contributed by atoms with E-state index in [1.54, 1.807) is 0 Å². The number of amidine groups is 1. The summed E-state index contributed by atoms with van der Waals surface area (Å²) in [5, 5.41) is 7.83. The van der Waals surface area contributed by atoms with Gasteiger partial charge in [-0.3, -0.25) is 5.41 Å². The summed E-state index contributed by atoms with van der Waals surface area (Å²) >= 11 is 0. The largest absolute Gasteiger partial charge is 0.387 e. The first-order chi connectivity index (χ1) is 9.20. The molecule has 1 aliphatic rings. The maximum atomic E-state index is 7.83. The van der Waals surface area contributed by atoms with Crippen molar-refractivity contribution in [1.82, 2.24) is 4.90 Å². The van der Waals surface area contributed by atoms with E-state index < -0.39 is 0 Å². The lowest BCUT2D eigenvalue weighted by Crippen LogP contribution is -2.39. The third-order valence-electron chi connectivity index (χ3n) is 4.30. The van der Waals surface area contributed by atoms with Gasteiger partial charge in [-0.1, -0.05) is 43.7 Å². The van der Waals surface area contributed by atoms with Gasteiger partial charge in [0.05, 0.1) is 11.8 Å². The molecule has 3 N–H and O–H groups in total. The normalized spacial score (nSPS) is 19.2. The first kappa shape index (κ1) is 14.1. The van der Waals surface area contributed by atoms with Gasteiger partial charge < -0.3 is 10.6 Å². The van der Waals surface area contributed by atoms with Crippen molar-refractivity contribution >= 4 is 5.84 Å². The molecule has 104 valence electrons. The fourth-order valence-electron chi connectivity index (χ4n) is 2.90. The van der Waals surface area contributed by atoms with Crippen LogP contribution in [0.4, 0.5) is 0 Å². The minimum atomic E-state index is 0.0411. The first-order valence-corrected chi connectivity index (χ1v) is 7.32. The Morgan fingerprint density at radius 3 is 2.47 bits per heavy atom. The van der Waals surface area contributed by atoms with Gasteiger partial charge in [0.1, 0.15) is 0 Å². The highest BCUT2D eigenvalue weighted by Crippen LogP contribution is 2.23. The van der Waals surface area contributed by atoms with Crippen LogP contribution in [0.3, 0.4) is 0 Å². The second-order valence-corrected chi connectivity index (χ2v) is 5.57. The molecule has 0 aliphatic carbocycles. The molecule has 0 aromatic heterocycles. The van der Waals surface area contributed by atoms with Crippen molar-refractivity contribution < 1.29 is 0 Å². The molecule has 0 spiro atoms. The van der Waals surface area contributed by atoms with E-state index >= 15 is 0 Å². The van der Waals surface area contributed by atoms with Crippen LogP contribution in [0, 0.1) is 11.3 Å². The van der Waals surface area contributed by atoms with Crippen molar-refractivity contribution in [2.75, 3.05) is 19.6 Å². The third kappa shape index (κ3) is 3.80. The number of nitrogens with zero attached hydrogens (tertiary/aromatic N) is 1. The van der Waals surface area contributed by atoms with E-state index in [1.165, 1.54) is 19.3 Å². The zero-order valence-corrected chi connectivity index (χ0v) is 11.8. The second kappa shape index (κ2) is 6.71. The van der Waals surface area contributed by atoms with Gasteiger partial charge in [0.25, 0.3) is 0 Å². The van der Waals surface area contributed by atoms with Gasteiger partial charge in [0.2, 0.25) is 0 Å². The van der Waals surface area contributed by atoms with Gasteiger partial charge in [-0.2, -0.15) is 0 Å². The van der Waals surface area contributed by atoms with Crippen LogP contribution in [0.25, 0.3) is 0 Å². The molecule has 3 heteroatoms. The molecule has 1 saturated heterocycles. The highest BCUT2D eigenvalue weighted by Gasteiger charge is 2.23. The Balaban J connectivity index is 1.97. The van der Waals surface area contributed by atoms with E-state index in [9.17, 15) is 0 Å². The Morgan fingerprint density at radius 2 is 1.95 bits per heavy atom. The van der Waals surface area contributed by atoms with E-state index in [-0.39, 0.29) is 11.8 Å². The van der Waals surface area contributed by atoms with E-state index in [0.717, 1.165) is 31.1 Å². The maximum absolute atomic E-state index is 7.83. The van der Waals surface area contributed by atoms with Crippen molar-refractivity contribution in [1.29, 1.82) is 5.41 Å². The Kier molecular flexibility index (Phi) is 4.97. The Morgan fingerprint density at radius 1 is 1.32 bits per heavy atom. The number of likely N-dealkylation sites (tertiary alicyclic amines) is 1. The van der Waals surface area contributed by atoms with Crippen molar-refractivity contribution in [3.05, 3.63) is 35.9 Å². The molecule has 0 bridgehead atoms. The van der Waals surface area contributed by atoms with Crippen molar-refractivity contribution in [2.45, 2.75) is 32.1 Å². The first-order valence-electron chi connectivity index (χ1n) is 7.32. The van der Waals surface area contributed by atoms with Gasteiger partial charge in [-0.15, -0.1) is 0 Å². The fourth-order valence-corrected chi connectivity index (χ4v) is 2.90. The van der Waals surface area contributed by atoms with E-state index in [0.29, 0.717) is 0 Å². The predicted molar refractivity (Wildman–Crippen MR) is 80.6 cm³/mol. The van der Waals surface area contributed by atoms with Crippen molar-refractivity contribution in [2.24, 2.45) is 11.7 Å². The van der Waals surface area contributed by atoms with Crippen LogP contribution in [0.1, 0.15) is 37.7 Å². The summed E-state index contributed by atoms with van der Waals surface area (Å²) in [4.78, 5) is 2.46. The summed E-state index contributed by atoms with van der Waals surface area (Å²) in [5.74, 6) is 1.21. The smallest absolute Gasteiger partial charge is 0.0995 e. The zero-order chi connectivity index (χ0) is 13.7. The number of nitrogens with one attached hydrogen (secondary N) is 1. The minimum absolute atomic E-state index is 0.0411. The number of hydrogen-bond acceptors (Lipinski definition) is 2. The fraction of sp³-hybridized carbons (Fsp3) is 0.562. The van der Waals surface area contributed by atoms with Gasteiger partial charge in [0, 0.05) is 6.54 Å². The minimum Gasteiger partial charge on any atom is -0.387 e. The number of rotatable bonds is 5. The summed E-state index contributed by atoms with van der Waals surface area (Å²) in [6.45, 7) is 5.46. The van der Waals surface area contributed by atoms with E-state index in [4.69, 9.17) is 11.1 Å². The monoisotopic (exact) mass is 259 g/mol. The van der Waals surface area contributed by atoms with Gasteiger partial charge in [0.15, 0.2) is 0 Å². The molecule has 1 aromatic carbocycles. The van der Waals surface area contributed by atoms with Crippen molar-refractivity contribution in [3.8, 4) is 0 Å². The molecule has 3 nitrogen and oxygen atoms in total. The Hall–Kier alpha value is -1.35. The molecule has 1 heterocycles. The molecular formula is C16H25N3. The predicted octanol–water partition coefficient (Wildman–Crippen LogP) is 2.83. The molecule has 19 heavy (non-hydrogen) atoms. The maximum Gasteiger partial charge on any atom is 0.0995 e. The van der Waals surface area contributed by atoms with Crippen LogP contribution in [0.15, 0.2) is 30.3 Å². The lowest BCUT2D eigenvalue weighted by Gasteiger charge is -2.33. The standard InChI is InChI=1S/C16H25N3/c1-2-13-8-10-19(11-9-13)12-15(16(17)18)14-6-4-3-5-7-14/h3-7,13,15H,2,8-12H2,1H3,(H3,17,18). The summed E-state index contributed by atoms with van der Waals surface area (Å²) in [6.07, 6.45) is 3.87. The number of benzene rings is 1. The van der Waals surface area contributed by atoms with Crippen molar-refractivity contribution in [3.63, 3.8) is 0 Å². The van der Waals surface area contributed by atoms with Crippen LogP contribution in [0.5, 0.6) is 0 Å². The summed E-state index contributed by atoms with van der Waals surface area (Å²) in [6, 6.07) is 10.2. The van der Waals surface area contributed by atoms with Crippen LogP contribution in [-0.4, -0.2) is 30.4 Å². The number of nitrogens with two attached hydrogens (primary N) is 1. The number of piperidine rings is 1. The van der Waals surface area contributed by atoms with Gasteiger partial charge in [-0.25, -0.2) is 0 Å². The van der Waals surface area contributed by atoms with Crippen LogP contribution >= 0.6 is 0 Å². The van der Waals surface area contributed by atoms with E-state index in [1.807, 2.05) is 18.2 Å². The second-order valence-electron chi connectivity index (χ2n) is 5.57. The van der Waals surface area contributed by atoms with E-state index in [2.05, 4.69) is 24.0 Å². The van der Waals surface area contributed by atoms with Crippen LogP contribution in [0.2, 0.25) is 0 Å². The average Bonchev–Trinajstić information content (AvgIpc) is 2.46. The Labute approximate surface area is 116 Å². The molecule has 0 saturated carbocycles. The average molecular weight is 259 g/mol. The molecule has 1 aromatic rings. The summed E-state index contributed by atoms with van der Waals surface area (Å²) in [7, 11) is 0. The molecule has 1 atom stereocenters. The molecule has 1 unspecified atom stereocenters. The molecule has 0 radical (unpaired) electrons. The zero-order valence-electron chi connectivity index (χ0n) is 11.8. The molecule has 0 amide bonds. The lowest BCUT2D eigenvalue weighted by molar-refractivity contribution is 0.180. The quantitative estimate of drug-likeness (QED) is 0.631. The van der Waals surface area contributed by atoms with Crippen LogP contribution in [-0.2, 0) is 0 Å². The Bertz CT molecular complexity index is 394. The molecule has 1 fully saturated rings. The van der Waals surface area contributed by atoms with Gasteiger partial charge in [-0.05, 0) is 37.4 Å². The SMILES string of the molecule is CCC1CCN(CC(C(=N)N)c2ccccc2)CC1. The summed E-state index contributed by atoms with van der Waals surface area (Å²) in [5.41, 5.74) is 6.96. The summed E-state index contributed by atoms with van der Waals surface area (Å²) < 4.78 is 0. The number of hydrogen-bond donors (Lipinski definition) is 2. The topological polar surface area (TPSA) is 53.1 Å². The highest BCUT2D eigenvalue weighted by atomic mass is 15.1.